The summed E-state index contributed by atoms with van der Waals surface area (Å²) in [7, 11) is -3.61. The van der Waals surface area contributed by atoms with E-state index in [1.807, 2.05) is 4.90 Å². The standard InChI is InChI=1S/C24H25FN4O5S/c1-15(30)26-10-17-12-29(24(31)34-17)16-7-8-23(22(25)9-16)28-13-20-19(21(20)14-28)11-27-35(32,33)18-5-3-2-4-6-18/h2-9,11,17,20-21,27H,10,12-14H2,1H3,(H,26,30)/t17-,20+,21?/m0/s1. The van der Waals surface area contributed by atoms with Crippen LogP contribution in [0.5, 0.6) is 0 Å². The summed E-state index contributed by atoms with van der Waals surface area (Å²) in [6.07, 6.45) is 0.484. The Balaban J connectivity index is 1.19. The first-order valence-electron chi connectivity index (χ1n) is 11.3. The molecule has 2 saturated heterocycles. The third-order valence-corrected chi connectivity index (χ3v) is 7.86. The number of anilines is 2. The van der Waals surface area contributed by atoms with Crippen molar-refractivity contribution in [2.45, 2.75) is 17.9 Å². The Morgan fingerprint density at radius 2 is 1.86 bits per heavy atom. The Kier molecular flexibility index (Phi) is 5.87. The lowest BCUT2D eigenvalue weighted by Crippen LogP contribution is -2.33. The number of sulfonamides is 1. The lowest BCUT2D eigenvalue weighted by atomic mass is 10.2. The average molecular weight is 501 g/mol. The van der Waals surface area contributed by atoms with Gasteiger partial charge in [-0.1, -0.05) is 18.2 Å². The van der Waals surface area contributed by atoms with Gasteiger partial charge >= 0.3 is 6.09 Å². The van der Waals surface area contributed by atoms with Crippen molar-refractivity contribution in [3.8, 4) is 0 Å². The molecule has 5 rings (SSSR count). The predicted molar refractivity (Wildman–Crippen MR) is 127 cm³/mol. The number of benzene rings is 2. The van der Waals surface area contributed by atoms with Gasteiger partial charge in [0, 0.05) is 38.0 Å². The fourth-order valence-corrected chi connectivity index (χ4v) is 5.60. The maximum Gasteiger partial charge on any atom is 0.414 e. The molecule has 0 bridgehead atoms. The van der Waals surface area contributed by atoms with E-state index in [1.165, 1.54) is 30.0 Å². The van der Waals surface area contributed by atoms with E-state index in [0.717, 1.165) is 5.57 Å². The van der Waals surface area contributed by atoms with Gasteiger partial charge in [-0.15, -0.1) is 0 Å². The van der Waals surface area contributed by atoms with E-state index in [1.54, 1.807) is 36.5 Å². The molecule has 2 aliphatic heterocycles. The maximum absolute atomic E-state index is 15.0. The minimum atomic E-state index is -3.61. The molecule has 0 aromatic heterocycles. The first-order valence-corrected chi connectivity index (χ1v) is 12.8. The van der Waals surface area contributed by atoms with Gasteiger partial charge in [0.1, 0.15) is 11.9 Å². The number of piperidine rings is 1. The molecule has 3 atom stereocenters. The second kappa shape index (κ2) is 8.88. The van der Waals surface area contributed by atoms with Crippen LogP contribution in [0, 0.1) is 17.7 Å². The number of hydrogen-bond acceptors (Lipinski definition) is 6. The van der Waals surface area contributed by atoms with Gasteiger partial charge in [-0.05, 0) is 35.9 Å². The van der Waals surface area contributed by atoms with Gasteiger partial charge in [0.05, 0.1) is 29.4 Å². The summed E-state index contributed by atoms with van der Waals surface area (Å²) in [5.41, 5.74) is 1.84. The van der Waals surface area contributed by atoms with E-state index in [9.17, 15) is 22.4 Å². The largest absolute Gasteiger partial charge is 0.442 e. The second-order valence-electron chi connectivity index (χ2n) is 8.89. The zero-order chi connectivity index (χ0) is 24.7. The van der Waals surface area contributed by atoms with Crippen LogP contribution in [-0.2, 0) is 19.6 Å². The molecule has 3 fully saturated rings. The van der Waals surface area contributed by atoms with E-state index in [2.05, 4.69) is 10.0 Å². The van der Waals surface area contributed by atoms with E-state index < -0.39 is 28.0 Å². The van der Waals surface area contributed by atoms with E-state index >= 15 is 0 Å². The molecule has 0 spiro atoms. The quantitative estimate of drug-likeness (QED) is 0.604. The number of fused-ring (bicyclic) bond motifs is 1. The normalized spacial score (nSPS) is 24.3. The van der Waals surface area contributed by atoms with Crippen molar-refractivity contribution in [2.24, 2.45) is 11.8 Å². The molecule has 1 saturated carbocycles. The number of cyclic esters (lactones) is 1. The first kappa shape index (κ1) is 23.2. The minimum Gasteiger partial charge on any atom is -0.442 e. The van der Waals surface area contributed by atoms with Gasteiger partial charge in [-0.2, -0.15) is 0 Å². The van der Waals surface area contributed by atoms with Crippen LogP contribution in [0.25, 0.3) is 0 Å². The predicted octanol–water partition coefficient (Wildman–Crippen LogP) is 2.22. The van der Waals surface area contributed by atoms with Crippen molar-refractivity contribution in [2.75, 3.05) is 36.0 Å². The third kappa shape index (κ3) is 4.68. The molecule has 11 heteroatoms. The molecule has 2 aromatic rings. The maximum atomic E-state index is 15.0. The Hall–Kier alpha value is -3.60. The van der Waals surface area contributed by atoms with E-state index in [-0.39, 0.29) is 35.7 Å². The lowest BCUT2D eigenvalue weighted by Gasteiger charge is -2.22. The Morgan fingerprint density at radius 1 is 1.14 bits per heavy atom. The molecule has 3 aliphatic rings. The van der Waals surface area contributed by atoms with Gasteiger partial charge in [0.2, 0.25) is 5.91 Å². The van der Waals surface area contributed by atoms with Crippen molar-refractivity contribution < 1.29 is 27.1 Å². The highest BCUT2D eigenvalue weighted by Gasteiger charge is 2.51. The van der Waals surface area contributed by atoms with Crippen LogP contribution in [0.4, 0.5) is 20.6 Å². The summed E-state index contributed by atoms with van der Waals surface area (Å²) in [4.78, 5) is 26.7. The van der Waals surface area contributed by atoms with Gasteiger partial charge in [0.15, 0.2) is 0 Å². The summed E-state index contributed by atoms with van der Waals surface area (Å²) >= 11 is 0. The topological polar surface area (TPSA) is 108 Å². The highest BCUT2D eigenvalue weighted by molar-refractivity contribution is 7.89. The van der Waals surface area contributed by atoms with E-state index in [4.69, 9.17) is 4.74 Å². The zero-order valence-corrected chi connectivity index (χ0v) is 19.8. The minimum absolute atomic E-state index is 0.177. The van der Waals surface area contributed by atoms with Crippen LogP contribution < -0.4 is 19.8 Å². The molecule has 1 aliphatic carbocycles. The second-order valence-corrected chi connectivity index (χ2v) is 10.6. The van der Waals surface area contributed by atoms with Crippen LogP contribution in [0.2, 0.25) is 0 Å². The SMILES string of the molecule is CC(=O)NC[C@H]1CN(c2ccc(N3CC4C(=CNS(=O)(=O)c5ccccc5)[C@H]4C3)c(F)c2)C(=O)O1. The molecular formula is C24H25FN4O5S. The van der Waals surface area contributed by atoms with Gasteiger partial charge in [-0.3, -0.25) is 14.4 Å². The molecular weight excluding hydrogens is 475 g/mol. The smallest absolute Gasteiger partial charge is 0.414 e. The molecule has 184 valence electrons. The van der Waals surface area contributed by atoms with Crippen LogP contribution in [0.3, 0.4) is 0 Å². The fraction of sp³-hybridized carbons (Fsp3) is 0.333. The van der Waals surface area contributed by atoms with Crippen LogP contribution in [0.15, 0.2) is 65.2 Å². The molecule has 35 heavy (non-hydrogen) atoms. The van der Waals surface area contributed by atoms with Crippen molar-refractivity contribution in [3.63, 3.8) is 0 Å². The van der Waals surface area contributed by atoms with Crippen molar-refractivity contribution in [1.29, 1.82) is 0 Å². The monoisotopic (exact) mass is 500 g/mol. The fourth-order valence-electron chi connectivity index (χ4n) is 4.66. The van der Waals surface area contributed by atoms with Gasteiger partial charge < -0.3 is 15.0 Å². The molecule has 2 heterocycles. The highest BCUT2D eigenvalue weighted by Crippen LogP contribution is 2.52. The summed E-state index contributed by atoms with van der Waals surface area (Å²) in [6.45, 7) is 2.98. The first-order chi connectivity index (χ1) is 16.7. The number of amides is 2. The van der Waals surface area contributed by atoms with Crippen molar-refractivity contribution in [3.05, 3.63) is 66.1 Å². The molecule has 2 aromatic carbocycles. The molecule has 1 unspecified atom stereocenters. The number of carbonyl (C=O) groups is 2. The van der Waals surface area contributed by atoms with Crippen molar-refractivity contribution >= 4 is 33.4 Å². The molecule has 2 N–H and O–H groups in total. The summed E-state index contributed by atoms with van der Waals surface area (Å²) in [5, 5.41) is 2.61. The average Bonchev–Trinajstić information content (AvgIpc) is 3.12. The van der Waals surface area contributed by atoms with Crippen LogP contribution >= 0.6 is 0 Å². The summed E-state index contributed by atoms with van der Waals surface area (Å²) < 4.78 is 47.5. The molecule has 2 amide bonds. The van der Waals surface area contributed by atoms with Gasteiger partial charge in [-0.25, -0.2) is 17.6 Å². The van der Waals surface area contributed by atoms with Crippen LogP contribution in [-0.4, -0.2) is 52.7 Å². The molecule has 0 radical (unpaired) electrons. The number of halogens is 1. The molecule has 9 nitrogen and oxygen atoms in total. The Bertz CT molecular complexity index is 1290. The number of rotatable bonds is 7. The number of carbonyl (C=O) groups excluding carboxylic acids is 2. The zero-order valence-electron chi connectivity index (χ0n) is 19.0. The third-order valence-electron chi connectivity index (χ3n) is 6.54. The summed E-state index contributed by atoms with van der Waals surface area (Å²) in [5.74, 6) is -0.311. The number of nitrogens with zero attached hydrogens (tertiary/aromatic N) is 2. The van der Waals surface area contributed by atoms with E-state index in [0.29, 0.717) is 24.5 Å². The number of ether oxygens (including phenoxy) is 1. The number of hydrogen-bond donors (Lipinski definition) is 2. The van der Waals surface area contributed by atoms with Gasteiger partial charge in [0.25, 0.3) is 10.0 Å². The lowest BCUT2D eigenvalue weighted by molar-refractivity contribution is -0.119. The number of nitrogens with one attached hydrogen (secondary N) is 2. The van der Waals surface area contributed by atoms with Crippen molar-refractivity contribution in [1.82, 2.24) is 10.0 Å². The summed E-state index contributed by atoms with van der Waals surface area (Å²) in [6, 6.07) is 12.8. The Labute approximate surface area is 202 Å². The van der Waals surface area contributed by atoms with Crippen LogP contribution in [0.1, 0.15) is 6.92 Å². The Morgan fingerprint density at radius 3 is 2.51 bits per heavy atom. The highest BCUT2D eigenvalue weighted by atomic mass is 32.2.